The molecule has 0 amide bonds. The van der Waals surface area contributed by atoms with Gasteiger partial charge in [-0.15, -0.1) is 0 Å². The van der Waals surface area contributed by atoms with Gasteiger partial charge in [0.05, 0.1) is 5.56 Å². The van der Waals surface area contributed by atoms with E-state index < -0.39 is 0 Å². The second-order valence-electron chi connectivity index (χ2n) is 9.21. The fourth-order valence-corrected chi connectivity index (χ4v) is 7.15. The monoisotopic (exact) mass is 722 g/mol. The van der Waals surface area contributed by atoms with E-state index in [4.69, 9.17) is 0 Å². The Morgan fingerprint density at radius 3 is 2.03 bits per heavy atom. The van der Waals surface area contributed by atoms with Crippen LogP contribution in [0.3, 0.4) is 0 Å². The van der Waals surface area contributed by atoms with E-state index in [-0.39, 0.29) is 11.5 Å². The Morgan fingerprint density at radius 2 is 1.35 bits per heavy atom. The van der Waals surface area contributed by atoms with Gasteiger partial charge in [0, 0.05) is 31.1 Å². The third-order valence-corrected chi connectivity index (χ3v) is 12.0. The molecule has 0 heterocycles. The number of phenols is 1. The van der Waals surface area contributed by atoms with E-state index >= 15 is 0 Å². The van der Waals surface area contributed by atoms with Gasteiger partial charge < -0.3 is 5.11 Å². The van der Waals surface area contributed by atoms with E-state index in [0.29, 0.717) is 31.3 Å². The molecule has 0 radical (unpaired) electrons. The van der Waals surface area contributed by atoms with Crippen molar-refractivity contribution in [3.8, 4) is 5.75 Å². The third-order valence-electron chi connectivity index (χ3n) is 6.40. The first kappa shape index (κ1) is 30.3. The van der Waals surface area contributed by atoms with Crippen LogP contribution < -0.4 is 0 Å². The molecule has 190 valence electrons. The van der Waals surface area contributed by atoms with Gasteiger partial charge in [-0.05, 0) is 37.1 Å². The molecule has 0 aliphatic rings. The molecular weight excluding hydrogens is 688 g/mol. The average molecular weight is 726 g/mol. The number of halogens is 4. The molecule has 1 N–H and O–H groups in total. The standard InChI is InChI=1S/C28H38Br4O2/c1-2-3-7-14-23(29)25(31)19-26(32)24(30)15-8-5-4-6-9-16-27(33)22-18-17-20-12-10-11-13-21(20)28(22)34/h10-13,17-18,23-26,34H,2-9,14-16,19H2,1H3/t23-,24+,25-,26-/m0/s1. The number of phenolic OH excluding ortho intramolecular Hbond substituents is 1. The van der Waals surface area contributed by atoms with E-state index in [0.717, 1.165) is 42.9 Å². The van der Waals surface area contributed by atoms with Crippen LogP contribution in [-0.4, -0.2) is 30.2 Å². The normalized spacial score (nSPS) is 15.2. The fourth-order valence-electron chi connectivity index (χ4n) is 4.23. The van der Waals surface area contributed by atoms with Crippen molar-refractivity contribution in [1.29, 1.82) is 0 Å². The van der Waals surface area contributed by atoms with E-state index in [1.165, 1.54) is 38.5 Å². The van der Waals surface area contributed by atoms with E-state index in [1.54, 1.807) is 6.07 Å². The molecule has 0 saturated carbocycles. The largest absolute Gasteiger partial charge is 0.507 e. The van der Waals surface area contributed by atoms with Crippen molar-refractivity contribution >= 4 is 80.3 Å². The number of rotatable bonds is 17. The predicted octanol–water partition coefficient (Wildman–Crippen LogP) is 10.5. The minimum atomic E-state index is 0.0371. The molecule has 34 heavy (non-hydrogen) atoms. The first-order chi connectivity index (χ1) is 16.3. The summed E-state index contributed by atoms with van der Waals surface area (Å²) < 4.78 is 0. The van der Waals surface area contributed by atoms with E-state index in [2.05, 4.69) is 70.6 Å². The number of aromatic hydroxyl groups is 1. The van der Waals surface area contributed by atoms with Crippen molar-refractivity contribution in [3.05, 3.63) is 42.0 Å². The minimum absolute atomic E-state index is 0.0371. The lowest BCUT2D eigenvalue weighted by molar-refractivity contribution is 0.0976. The summed E-state index contributed by atoms with van der Waals surface area (Å²) in [6.45, 7) is 2.25. The Bertz CT molecular complexity index is 873. The first-order valence-electron chi connectivity index (χ1n) is 12.6. The lowest BCUT2D eigenvalue weighted by Crippen LogP contribution is -2.23. The topological polar surface area (TPSA) is 37.3 Å². The van der Waals surface area contributed by atoms with Crippen LogP contribution in [-0.2, 0) is 0 Å². The molecule has 6 heteroatoms. The summed E-state index contributed by atoms with van der Waals surface area (Å²) in [6.07, 6.45) is 13.3. The van der Waals surface area contributed by atoms with E-state index in [9.17, 15) is 9.90 Å². The zero-order chi connectivity index (χ0) is 24.9. The van der Waals surface area contributed by atoms with Crippen LogP contribution in [0, 0.1) is 0 Å². The zero-order valence-corrected chi connectivity index (χ0v) is 26.5. The SMILES string of the molecule is CCCCC[C@H](Br)[C@@H](Br)C[C@H](Br)[C@H](Br)CCCCCCCC(=O)c1ccc2ccccc2c1O. The number of hydrogen-bond donors (Lipinski definition) is 1. The van der Waals surface area contributed by atoms with Gasteiger partial charge in [0.2, 0.25) is 0 Å². The Hall–Kier alpha value is 0.0900. The summed E-state index contributed by atoms with van der Waals surface area (Å²) in [5.74, 6) is 0.156. The Labute approximate surface area is 239 Å². The summed E-state index contributed by atoms with van der Waals surface area (Å²) in [5.41, 5.74) is 0.449. The highest BCUT2D eigenvalue weighted by molar-refractivity contribution is 9.13. The molecule has 4 atom stereocenters. The number of Topliss-reactive ketones (excluding diaryl/α,β-unsaturated/α-hetero) is 1. The number of ketones is 1. The van der Waals surface area contributed by atoms with Crippen molar-refractivity contribution in [2.24, 2.45) is 0 Å². The van der Waals surface area contributed by atoms with Crippen LogP contribution in [0.1, 0.15) is 94.3 Å². The second kappa shape index (κ2) is 16.8. The fraction of sp³-hybridized carbons (Fsp3) is 0.607. The quantitative estimate of drug-likeness (QED) is 0.100. The van der Waals surface area contributed by atoms with Gasteiger partial charge in [0.15, 0.2) is 5.78 Å². The molecule has 0 fully saturated rings. The van der Waals surface area contributed by atoms with Crippen LogP contribution in [0.5, 0.6) is 5.75 Å². The van der Waals surface area contributed by atoms with Crippen LogP contribution in [0.2, 0.25) is 0 Å². The van der Waals surface area contributed by atoms with Crippen LogP contribution >= 0.6 is 63.7 Å². The Kier molecular flexibility index (Phi) is 14.9. The van der Waals surface area contributed by atoms with Gasteiger partial charge in [-0.3, -0.25) is 4.79 Å². The van der Waals surface area contributed by atoms with Crippen molar-refractivity contribution < 1.29 is 9.90 Å². The van der Waals surface area contributed by atoms with Gasteiger partial charge in [0.25, 0.3) is 0 Å². The van der Waals surface area contributed by atoms with Gasteiger partial charge in [-0.25, -0.2) is 0 Å². The molecule has 2 nitrogen and oxygen atoms in total. The van der Waals surface area contributed by atoms with Crippen LogP contribution in [0.25, 0.3) is 10.8 Å². The Balaban J connectivity index is 1.60. The highest BCUT2D eigenvalue weighted by Gasteiger charge is 2.23. The average Bonchev–Trinajstić information content (AvgIpc) is 2.83. The number of hydrogen-bond acceptors (Lipinski definition) is 2. The first-order valence-corrected chi connectivity index (χ1v) is 16.3. The molecule has 0 aromatic heterocycles. The maximum Gasteiger partial charge on any atom is 0.166 e. The smallest absolute Gasteiger partial charge is 0.166 e. The number of carbonyl (C=O) groups excluding carboxylic acids is 1. The summed E-state index contributed by atoms with van der Waals surface area (Å²) in [6, 6.07) is 11.3. The van der Waals surface area contributed by atoms with E-state index in [1.807, 2.05) is 30.3 Å². The van der Waals surface area contributed by atoms with Crippen molar-refractivity contribution in [2.75, 3.05) is 0 Å². The lowest BCUT2D eigenvalue weighted by Gasteiger charge is -2.23. The zero-order valence-electron chi connectivity index (χ0n) is 20.1. The number of carbonyl (C=O) groups is 1. The van der Waals surface area contributed by atoms with Crippen molar-refractivity contribution in [3.63, 3.8) is 0 Å². The molecule has 0 spiro atoms. The molecule has 2 rings (SSSR count). The minimum Gasteiger partial charge on any atom is -0.507 e. The van der Waals surface area contributed by atoms with Gasteiger partial charge >= 0.3 is 0 Å². The molecular formula is C28H38Br4O2. The van der Waals surface area contributed by atoms with Crippen LogP contribution in [0.4, 0.5) is 0 Å². The molecule has 0 bridgehead atoms. The number of alkyl halides is 4. The third kappa shape index (κ3) is 10.2. The molecule has 0 saturated heterocycles. The van der Waals surface area contributed by atoms with Gasteiger partial charge in [-0.1, -0.05) is 146 Å². The maximum absolute atomic E-state index is 12.6. The molecule has 0 unspecified atom stereocenters. The predicted molar refractivity (Wildman–Crippen MR) is 162 cm³/mol. The molecule has 0 aliphatic heterocycles. The molecule has 0 aliphatic carbocycles. The number of unbranched alkanes of at least 4 members (excludes halogenated alkanes) is 6. The van der Waals surface area contributed by atoms with Crippen molar-refractivity contribution in [1.82, 2.24) is 0 Å². The number of benzene rings is 2. The maximum atomic E-state index is 12.6. The second-order valence-corrected chi connectivity index (χ2v) is 13.9. The van der Waals surface area contributed by atoms with Crippen LogP contribution in [0.15, 0.2) is 36.4 Å². The summed E-state index contributed by atoms with van der Waals surface area (Å²) in [5, 5.41) is 12.2. The summed E-state index contributed by atoms with van der Waals surface area (Å²) >= 11 is 15.5. The van der Waals surface area contributed by atoms with Gasteiger partial charge in [0.1, 0.15) is 5.75 Å². The highest BCUT2D eigenvalue weighted by atomic mass is 79.9. The summed E-state index contributed by atoms with van der Waals surface area (Å²) in [4.78, 5) is 14.5. The van der Waals surface area contributed by atoms with Crippen molar-refractivity contribution in [2.45, 2.75) is 103 Å². The van der Waals surface area contributed by atoms with Gasteiger partial charge in [-0.2, -0.15) is 0 Å². The summed E-state index contributed by atoms with van der Waals surface area (Å²) in [7, 11) is 0. The highest BCUT2D eigenvalue weighted by Crippen LogP contribution is 2.32. The number of fused-ring (bicyclic) bond motifs is 1. The lowest BCUT2D eigenvalue weighted by atomic mass is 9.99. The molecule has 2 aromatic carbocycles. The Morgan fingerprint density at radius 1 is 0.765 bits per heavy atom. The molecule has 2 aromatic rings.